The first kappa shape index (κ1) is 19.6. The third-order valence-electron chi connectivity index (χ3n) is 5.97. The normalized spacial score (nSPS) is 19.7. The second kappa shape index (κ2) is 8.37. The maximum absolute atomic E-state index is 13.2. The maximum Gasteiger partial charge on any atom is 0.268 e. The van der Waals surface area contributed by atoms with E-state index in [0.717, 1.165) is 25.7 Å². The molecule has 1 amide bonds. The molecule has 7 heteroatoms. The number of fused-ring (bicyclic) bond motifs is 2. The van der Waals surface area contributed by atoms with Crippen LogP contribution in [0.25, 0.3) is 16.7 Å². The summed E-state index contributed by atoms with van der Waals surface area (Å²) >= 11 is 0. The lowest BCUT2D eigenvalue weighted by atomic mass is 9.86. The van der Waals surface area contributed by atoms with E-state index in [9.17, 15) is 9.59 Å². The predicted octanol–water partition coefficient (Wildman–Crippen LogP) is 2.99. The molecular weight excluding hydrogens is 368 g/mol. The summed E-state index contributed by atoms with van der Waals surface area (Å²) in [6.45, 7) is 3.33. The molecule has 0 aliphatic heterocycles. The monoisotopic (exact) mass is 396 g/mol. The molecular formula is C22H28N4O3. The molecule has 0 radical (unpaired) electrons. The zero-order chi connectivity index (χ0) is 20.4. The highest BCUT2D eigenvalue weighted by molar-refractivity contribution is 5.98. The van der Waals surface area contributed by atoms with Gasteiger partial charge in [0.2, 0.25) is 0 Å². The lowest BCUT2D eigenvalue weighted by Gasteiger charge is -2.29. The Hall–Kier alpha value is -2.67. The van der Waals surface area contributed by atoms with Gasteiger partial charge in [0.25, 0.3) is 11.5 Å². The molecule has 3 aromatic heterocycles. The quantitative estimate of drug-likeness (QED) is 0.650. The van der Waals surface area contributed by atoms with E-state index >= 15 is 0 Å². The van der Waals surface area contributed by atoms with Crippen LogP contribution >= 0.6 is 0 Å². The van der Waals surface area contributed by atoms with E-state index in [4.69, 9.17) is 4.74 Å². The van der Waals surface area contributed by atoms with E-state index in [0.29, 0.717) is 41.4 Å². The molecule has 3 heterocycles. The molecule has 154 valence electrons. The third kappa shape index (κ3) is 3.79. The summed E-state index contributed by atoms with van der Waals surface area (Å²) in [6.07, 6.45) is 6.93. The van der Waals surface area contributed by atoms with Crippen LogP contribution in [0.1, 0.15) is 49.5 Å². The Morgan fingerprint density at radius 1 is 1.31 bits per heavy atom. The molecule has 0 unspecified atom stereocenters. The molecule has 0 bridgehead atoms. The largest absolute Gasteiger partial charge is 0.385 e. The molecule has 0 saturated heterocycles. The van der Waals surface area contributed by atoms with Gasteiger partial charge in [0, 0.05) is 32.5 Å². The SMILES string of the molecule is COCCCn1c(C(=O)N[C@H]2CCCC[C@@H]2C)cc2c(=O)n3ccccc3nc21. The summed E-state index contributed by atoms with van der Waals surface area (Å²) in [5, 5.41) is 3.68. The summed E-state index contributed by atoms with van der Waals surface area (Å²) in [4.78, 5) is 30.9. The lowest BCUT2D eigenvalue weighted by molar-refractivity contribution is 0.0900. The van der Waals surface area contributed by atoms with Crippen molar-refractivity contribution in [2.24, 2.45) is 5.92 Å². The minimum atomic E-state index is -0.156. The fourth-order valence-electron chi connectivity index (χ4n) is 4.31. The van der Waals surface area contributed by atoms with Crippen LogP contribution in [0.3, 0.4) is 0 Å². The number of hydrogen-bond acceptors (Lipinski definition) is 4. The van der Waals surface area contributed by atoms with E-state index < -0.39 is 0 Å². The van der Waals surface area contributed by atoms with Gasteiger partial charge in [0.15, 0.2) is 0 Å². The van der Waals surface area contributed by atoms with Crippen molar-refractivity contribution < 1.29 is 9.53 Å². The minimum Gasteiger partial charge on any atom is -0.385 e. The highest BCUT2D eigenvalue weighted by atomic mass is 16.5. The topological polar surface area (TPSA) is 77.6 Å². The number of rotatable bonds is 6. The van der Waals surface area contributed by atoms with Gasteiger partial charge in [-0.05, 0) is 43.4 Å². The first-order valence-electron chi connectivity index (χ1n) is 10.4. The van der Waals surface area contributed by atoms with E-state index in [-0.39, 0.29) is 17.5 Å². The first-order valence-corrected chi connectivity index (χ1v) is 10.4. The molecule has 1 fully saturated rings. The summed E-state index contributed by atoms with van der Waals surface area (Å²) in [5.41, 5.74) is 1.47. The number of carbonyl (C=O) groups excluding carboxylic acids is 1. The van der Waals surface area contributed by atoms with Crippen molar-refractivity contribution in [1.82, 2.24) is 19.3 Å². The van der Waals surface area contributed by atoms with E-state index in [2.05, 4.69) is 17.2 Å². The molecule has 0 spiro atoms. The number of aryl methyl sites for hydroxylation is 1. The fraction of sp³-hybridized carbons (Fsp3) is 0.500. The molecule has 3 aromatic rings. The van der Waals surface area contributed by atoms with Crippen LogP contribution in [0, 0.1) is 5.92 Å². The number of nitrogens with zero attached hydrogens (tertiary/aromatic N) is 3. The summed E-state index contributed by atoms with van der Waals surface area (Å²) in [6, 6.07) is 7.32. The molecule has 1 aliphatic rings. The number of methoxy groups -OCH3 is 1. The molecule has 29 heavy (non-hydrogen) atoms. The van der Waals surface area contributed by atoms with Gasteiger partial charge in [-0.1, -0.05) is 25.8 Å². The Labute approximate surface area is 169 Å². The molecule has 4 rings (SSSR count). The van der Waals surface area contributed by atoms with Crippen LogP contribution in [0.5, 0.6) is 0 Å². The molecule has 2 atom stereocenters. The van der Waals surface area contributed by atoms with Crippen LogP contribution in [0.15, 0.2) is 35.3 Å². The van der Waals surface area contributed by atoms with Crippen LogP contribution < -0.4 is 10.9 Å². The van der Waals surface area contributed by atoms with Crippen molar-refractivity contribution in [2.75, 3.05) is 13.7 Å². The van der Waals surface area contributed by atoms with Gasteiger partial charge >= 0.3 is 0 Å². The predicted molar refractivity (Wildman–Crippen MR) is 112 cm³/mol. The minimum absolute atomic E-state index is 0.132. The van der Waals surface area contributed by atoms with Crippen LogP contribution in [-0.4, -0.2) is 39.6 Å². The number of ether oxygens (including phenoxy) is 1. The first-order chi connectivity index (χ1) is 14.1. The van der Waals surface area contributed by atoms with Crippen LogP contribution in [0.4, 0.5) is 0 Å². The number of nitrogens with one attached hydrogen (secondary N) is 1. The Morgan fingerprint density at radius 3 is 2.93 bits per heavy atom. The van der Waals surface area contributed by atoms with Crippen molar-refractivity contribution in [3.05, 3.63) is 46.5 Å². The molecule has 1 saturated carbocycles. The van der Waals surface area contributed by atoms with Crippen molar-refractivity contribution in [3.63, 3.8) is 0 Å². The maximum atomic E-state index is 13.2. The second-order valence-corrected chi connectivity index (χ2v) is 7.95. The average molecular weight is 396 g/mol. The number of aromatic nitrogens is 3. The van der Waals surface area contributed by atoms with Crippen molar-refractivity contribution in [1.29, 1.82) is 0 Å². The zero-order valence-electron chi connectivity index (χ0n) is 17.1. The van der Waals surface area contributed by atoms with Crippen molar-refractivity contribution >= 4 is 22.6 Å². The fourth-order valence-corrected chi connectivity index (χ4v) is 4.31. The summed E-state index contributed by atoms with van der Waals surface area (Å²) in [7, 11) is 1.66. The highest BCUT2D eigenvalue weighted by Crippen LogP contribution is 2.25. The van der Waals surface area contributed by atoms with E-state index in [1.807, 2.05) is 10.6 Å². The Balaban J connectivity index is 1.77. The van der Waals surface area contributed by atoms with Gasteiger partial charge in [0.1, 0.15) is 17.0 Å². The van der Waals surface area contributed by atoms with Gasteiger partial charge < -0.3 is 14.6 Å². The van der Waals surface area contributed by atoms with Crippen molar-refractivity contribution in [3.8, 4) is 0 Å². The summed E-state index contributed by atoms with van der Waals surface area (Å²) < 4.78 is 8.57. The lowest BCUT2D eigenvalue weighted by Crippen LogP contribution is -2.41. The standard InChI is InChI=1S/C22H28N4O3/c1-15-8-3-4-9-17(15)23-21(27)18-14-16-20(25(18)12-7-13-29-2)24-19-10-5-6-11-26(19)22(16)28/h5-6,10-11,14-15,17H,3-4,7-9,12-13H2,1-2H3,(H,23,27)/t15-,17-/m0/s1. The van der Waals surface area contributed by atoms with Gasteiger partial charge in [0.05, 0.1) is 5.39 Å². The number of carbonyl (C=O) groups is 1. The summed E-state index contributed by atoms with van der Waals surface area (Å²) in [5.74, 6) is 0.331. The Morgan fingerprint density at radius 2 is 2.14 bits per heavy atom. The number of hydrogen-bond donors (Lipinski definition) is 1. The van der Waals surface area contributed by atoms with E-state index in [1.54, 1.807) is 31.5 Å². The zero-order valence-corrected chi connectivity index (χ0v) is 17.1. The number of pyridine rings is 1. The second-order valence-electron chi connectivity index (χ2n) is 7.95. The third-order valence-corrected chi connectivity index (χ3v) is 5.97. The van der Waals surface area contributed by atoms with Crippen LogP contribution in [0.2, 0.25) is 0 Å². The van der Waals surface area contributed by atoms with Gasteiger partial charge in [-0.25, -0.2) is 4.98 Å². The molecule has 7 nitrogen and oxygen atoms in total. The molecule has 1 aliphatic carbocycles. The Bertz CT molecular complexity index is 1080. The number of amides is 1. The average Bonchev–Trinajstić information content (AvgIpc) is 3.09. The van der Waals surface area contributed by atoms with E-state index in [1.165, 1.54) is 10.8 Å². The van der Waals surface area contributed by atoms with Gasteiger partial charge in [-0.2, -0.15) is 0 Å². The molecule has 1 N–H and O–H groups in total. The van der Waals surface area contributed by atoms with Crippen LogP contribution in [-0.2, 0) is 11.3 Å². The highest BCUT2D eigenvalue weighted by Gasteiger charge is 2.26. The van der Waals surface area contributed by atoms with Gasteiger partial charge in [-0.15, -0.1) is 0 Å². The molecule has 0 aromatic carbocycles. The Kier molecular flexibility index (Phi) is 5.67. The van der Waals surface area contributed by atoms with Crippen molar-refractivity contribution in [2.45, 2.75) is 51.6 Å². The van der Waals surface area contributed by atoms with Gasteiger partial charge in [-0.3, -0.25) is 14.0 Å². The smallest absolute Gasteiger partial charge is 0.268 e.